The summed E-state index contributed by atoms with van der Waals surface area (Å²) in [5.41, 5.74) is 17.8. The van der Waals surface area contributed by atoms with Crippen molar-refractivity contribution in [3.05, 3.63) is 122 Å². The van der Waals surface area contributed by atoms with Crippen LogP contribution < -0.4 is 28.1 Å². The van der Waals surface area contributed by atoms with Gasteiger partial charge in [0.25, 0.3) is 0 Å². The first-order chi connectivity index (χ1) is 25.9. The van der Waals surface area contributed by atoms with Crippen LogP contribution in [0.5, 0.6) is 0 Å². The zero-order valence-electron chi connectivity index (χ0n) is 38.8. The molecule has 0 saturated carbocycles. The molecule has 3 heteroatoms. The van der Waals surface area contributed by atoms with Crippen molar-refractivity contribution in [2.75, 3.05) is 0 Å². The van der Waals surface area contributed by atoms with Crippen molar-refractivity contribution in [3.8, 4) is 33.4 Å². The van der Waals surface area contributed by atoms with Crippen LogP contribution in [0.2, 0.25) is 0 Å². The number of allylic oxidation sites excluding steroid dienone is 4. The smallest absolute Gasteiger partial charge is 1.00 e. The second kappa shape index (κ2) is 18.0. The van der Waals surface area contributed by atoms with E-state index in [1.807, 2.05) is 3.21 Å². The molecule has 0 aliphatic heterocycles. The molecule has 0 unspecified atom stereocenters. The minimum atomic E-state index is -2.70. The number of rotatable bonds is 8. The maximum Gasteiger partial charge on any atom is -1.00 e. The van der Waals surface area contributed by atoms with Crippen LogP contribution >= 0.6 is 0 Å². The van der Waals surface area contributed by atoms with Crippen molar-refractivity contribution >= 4 is 6.48 Å². The molecule has 0 fully saturated rings. The molecule has 2 aliphatic rings. The van der Waals surface area contributed by atoms with Gasteiger partial charge in [0.1, 0.15) is 0 Å². The fraction of sp³-hybridized carbons (Fsp3) is 0.473. The minimum absolute atomic E-state index is 0. The Morgan fingerprint density at radius 3 is 1.48 bits per heavy atom. The Morgan fingerprint density at radius 1 is 0.569 bits per heavy atom. The SMILES string of the molecule is CC(C)C[C](CC(C)C)=[Zr+2]([C]1=CC=CC1)[c]1c2c(cc(C(C)(C)C)c1-c1ccc(C(C)(C)C)cc1)-c1cc(C(C)(C)C)c(-c3ccc(C(C)(C)C)cc3)cc1C2.[Cl-].[Cl-]. The molecule has 58 heavy (non-hydrogen) atoms. The summed E-state index contributed by atoms with van der Waals surface area (Å²) in [7, 11) is 0. The van der Waals surface area contributed by atoms with E-state index in [0.29, 0.717) is 11.8 Å². The predicted molar refractivity (Wildman–Crippen MR) is 246 cm³/mol. The molecule has 0 N–H and O–H groups in total. The molecule has 0 radical (unpaired) electrons. The van der Waals surface area contributed by atoms with Crippen molar-refractivity contribution in [2.45, 2.75) is 158 Å². The van der Waals surface area contributed by atoms with E-state index in [0.717, 1.165) is 12.8 Å². The van der Waals surface area contributed by atoms with Gasteiger partial charge in [0, 0.05) is 0 Å². The first kappa shape index (κ1) is 48.4. The molecule has 0 amide bonds. The molecule has 6 rings (SSSR count). The molecule has 2 aliphatic carbocycles. The third-order valence-corrected chi connectivity index (χ3v) is 19.9. The molecule has 0 aromatic heterocycles. The van der Waals surface area contributed by atoms with Crippen LogP contribution in [-0.2, 0) is 49.3 Å². The number of benzene rings is 4. The Kier molecular flexibility index (Phi) is 15.0. The minimum Gasteiger partial charge on any atom is -1.00 e. The van der Waals surface area contributed by atoms with Gasteiger partial charge in [-0.1, -0.05) is 0 Å². The molecule has 310 valence electrons. The first-order valence-electron chi connectivity index (χ1n) is 21.6. The summed E-state index contributed by atoms with van der Waals surface area (Å²) >= 11 is -2.70. The third-order valence-electron chi connectivity index (χ3n) is 12.1. The van der Waals surface area contributed by atoms with Gasteiger partial charge in [-0.15, -0.1) is 0 Å². The summed E-state index contributed by atoms with van der Waals surface area (Å²) in [6, 6.07) is 27.2. The van der Waals surface area contributed by atoms with Gasteiger partial charge in [0.05, 0.1) is 0 Å². The maximum atomic E-state index is 2.66. The molecule has 0 heterocycles. The van der Waals surface area contributed by atoms with E-state index in [1.54, 1.807) is 17.7 Å². The summed E-state index contributed by atoms with van der Waals surface area (Å²) in [5, 5.41) is 0. The van der Waals surface area contributed by atoms with E-state index in [-0.39, 0.29) is 46.5 Å². The first-order valence-corrected chi connectivity index (χ1v) is 25.3. The summed E-state index contributed by atoms with van der Waals surface area (Å²) in [6.45, 7) is 38.3. The number of halogens is 2. The van der Waals surface area contributed by atoms with Crippen LogP contribution in [0.3, 0.4) is 0 Å². The van der Waals surface area contributed by atoms with E-state index < -0.39 is 21.3 Å². The molecule has 4 aromatic carbocycles. The second-order valence-electron chi connectivity index (χ2n) is 22.1. The van der Waals surface area contributed by atoms with Crippen molar-refractivity contribution in [1.82, 2.24) is 0 Å². The van der Waals surface area contributed by atoms with Crippen molar-refractivity contribution < 1.29 is 46.1 Å². The number of hydrogen-bond donors (Lipinski definition) is 0. The van der Waals surface area contributed by atoms with Crippen molar-refractivity contribution in [2.24, 2.45) is 11.8 Å². The largest absolute Gasteiger partial charge is 1.00 e. The second-order valence-corrected chi connectivity index (χ2v) is 28.5. The van der Waals surface area contributed by atoms with E-state index >= 15 is 0 Å². The molecule has 4 aromatic rings. The van der Waals surface area contributed by atoms with Gasteiger partial charge in [-0.2, -0.15) is 0 Å². The third kappa shape index (κ3) is 10.2. The summed E-state index contributed by atoms with van der Waals surface area (Å²) in [6.07, 6.45) is 11.9. The Morgan fingerprint density at radius 2 is 1.05 bits per heavy atom. The maximum absolute atomic E-state index is 2.70. The topological polar surface area (TPSA) is 0 Å². The molecule has 0 saturated heterocycles. The number of fused-ring (bicyclic) bond motifs is 3. The van der Waals surface area contributed by atoms with Crippen LogP contribution in [-0.4, -0.2) is 3.21 Å². The summed E-state index contributed by atoms with van der Waals surface area (Å²) in [5.74, 6) is 1.28. The van der Waals surface area contributed by atoms with E-state index in [4.69, 9.17) is 0 Å². The fourth-order valence-electron chi connectivity index (χ4n) is 9.16. The quantitative estimate of drug-likeness (QED) is 0.146. The van der Waals surface area contributed by atoms with Crippen LogP contribution in [0, 0.1) is 11.8 Å². The molecule has 0 atom stereocenters. The fourth-order valence-corrected chi connectivity index (χ4v) is 19.0. The monoisotopic (exact) mass is 892 g/mol. The summed E-state index contributed by atoms with van der Waals surface area (Å²) in [4.78, 5) is 0. The van der Waals surface area contributed by atoms with Crippen LogP contribution in [0.25, 0.3) is 33.4 Å². The normalized spacial score (nSPS) is 13.8. The predicted octanol–water partition coefficient (Wildman–Crippen LogP) is 9.14. The Labute approximate surface area is 374 Å². The Bertz CT molecular complexity index is 2180. The Hall–Kier alpha value is -2.31. The van der Waals surface area contributed by atoms with Gasteiger partial charge in [-0.05, 0) is 0 Å². The van der Waals surface area contributed by atoms with Gasteiger partial charge in [-0.25, -0.2) is 0 Å². The molecular formula is C55H72Cl2Zr. The van der Waals surface area contributed by atoms with E-state index in [1.165, 1.54) is 68.5 Å². The summed E-state index contributed by atoms with van der Waals surface area (Å²) < 4.78 is 5.43. The molecule has 0 bridgehead atoms. The zero-order chi connectivity index (χ0) is 41.1. The van der Waals surface area contributed by atoms with Crippen LogP contribution in [0.1, 0.15) is 163 Å². The van der Waals surface area contributed by atoms with Crippen molar-refractivity contribution in [3.63, 3.8) is 0 Å². The van der Waals surface area contributed by atoms with Crippen LogP contribution in [0.4, 0.5) is 0 Å². The molecule has 0 nitrogen and oxygen atoms in total. The van der Waals surface area contributed by atoms with E-state index in [2.05, 4.69) is 196 Å². The molecule has 0 spiro atoms. The van der Waals surface area contributed by atoms with Crippen molar-refractivity contribution in [1.29, 1.82) is 0 Å². The standard InChI is InChI=1S/C41H49.C9H18.C5H5.2ClH.Zr/c1-38(2,3)30-17-13-26(14-18-30)34-22-28-21-29-23-35(27-15-19-31(20-16-27)39(4,5)6)37(41(10,11)12)25-33(29)32(28)24-36(34)40(7,8)9;1-8(2)6-5-7-9(3)4;1-2-4-5-3-1;;;/h13-20,22,24-25H,21H2,1-12H3;8-9H,6-7H2,1-4H3;1-3H,4H2;2*1H;/q;;;;;+2/p-2. The van der Waals surface area contributed by atoms with Crippen LogP contribution in [0.15, 0.2) is 88.2 Å². The van der Waals surface area contributed by atoms with Gasteiger partial charge in [0.2, 0.25) is 0 Å². The average Bonchev–Trinajstić information content (AvgIpc) is 3.74. The van der Waals surface area contributed by atoms with Gasteiger partial charge in [0.15, 0.2) is 0 Å². The zero-order valence-corrected chi connectivity index (χ0v) is 42.8. The van der Waals surface area contributed by atoms with Gasteiger partial charge in [-0.3, -0.25) is 0 Å². The van der Waals surface area contributed by atoms with Gasteiger partial charge < -0.3 is 24.8 Å². The number of hydrogen-bond acceptors (Lipinski definition) is 0. The Balaban J connectivity index is 0.00000372. The average molecular weight is 895 g/mol. The van der Waals surface area contributed by atoms with Gasteiger partial charge >= 0.3 is 353 Å². The molecular weight excluding hydrogens is 823 g/mol. The van der Waals surface area contributed by atoms with E-state index in [9.17, 15) is 0 Å².